The van der Waals surface area contributed by atoms with Crippen molar-refractivity contribution >= 4 is 28.8 Å². The van der Waals surface area contributed by atoms with Gasteiger partial charge in [-0.15, -0.1) is 0 Å². The molecule has 0 saturated carbocycles. The van der Waals surface area contributed by atoms with Crippen molar-refractivity contribution in [3.8, 4) is 10.8 Å². The van der Waals surface area contributed by atoms with Gasteiger partial charge >= 0.3 is 0 Å². The molecule has 4 heterocycles. The third-order valence-electron chi connectivity index (χ3n) is 4.34. The van der Waals surface area contributed by atoms with Gasteiger partial charge in [-0.3, -0.25) is 4.79 Å². The zero-order valence-corrected chi connectivity index (χ0v) is 13.9. The quantitative estimate of drug-likeness (QED) is 0.832. The van der Waals surface area contributed by atoms with Gasteiger partial charge < -0.3 is 15.4 Å². The molecular formula is C16H16ClN3O2S. The van der Waals surface area contributed by atoms with Gasteiger partial charge in [-0.05, 0) is 37.5 Å². The number of thiophene rings is 1. The lowest BCUT2D eigenvalue weighted by Crippen LogP contribution is -2.42. The molecule has 3 atom stereocenters. The van der Waals surface area contributed by atoms with Gasteiger partial charge in [0, 0.05) is 30.4 Å². The van der Waals surface area contributed by atoms with Crippen LogP contribution < -0.4 is 15.4 Å². The Labute approximate surface area is 143 Å². The van der Waals surface area contributed by atoms with E-state index in [9.17, 15) is 4.79 Å². The standard InChI is InChI=1S/C16H16ClN3O2S/c17-14-8-10(5-6-18-14)22-15-4-3-13(23-15)16(21)20-12-7-9-1-2-11(12)19-9/h3-6,8-9,11-12,19H,1-2,7H2,(H,20,21)/t9-,11+,12-/m1/s1. The number of carbonyl (C=O) groups excluding carboxylic acids is 1. The zero-order chi connectivity index (χ0) is 15.8. The highest BCUT2D eigenvalue weighted by Crippen LogP contribution is 2.31. The lowest BCUT2D eigenvalue weighted by Gasteiger charge is -2.20. The van der Waals surface area contributed by atoms with Gasteiger partial charge in [0.15, 0.2) is 5.06 Å². The molecule has 2 aromatic rings. The number of pyridine rings is 1. The number of carbonyl (C=O) groups is 1. The number of hydrogen-bond acceptors (Lipinski definition) is 5. The van der Waals surface area contributed by atoms with Gasteiger partial charge in [0.25, 0.3) is 5.91 Å². The number of nitrogens with one attached hydrogen (secondary N) is 2. The maximum atomic E-state index is 12.4. The van der Waals surface area contributed by atoms with Crippen molar-refractivity contribution in [2.75, 3.05) is 0 Å². The summed E-state index contributed by atoms with van der Waals surface area (Å²) in [5, 5.41) is 7.69. The molecule has 0 radical (unpaired) electrons. The number of halogens is 1. The molecule has 2 saturated heterocycles. The molecule has 0 unspecified atom stereocenters. The first kappa shape index (κ1) is 14.9. The third-order valence-corrected chi connectivity index (χ3v) is 5.51. The van der Waals surface area contributed by atoms with Crippen LogP contribution in [0.15, 0.2) is 30.5 Å². The number of aromatic nitrogens is 1. The van der Waals surface area contributed by atoms with E-state index in [4.69, 9.17) is 16.3 Å². The summed E-state index contributed by atoms with van der Waals surface area (Å²) in [6.07, 6.45) is 4.99. The molecule has 2 fully saturated rings. The predicted octanol–water partition coefficient (Wildman–Crippen LogP) is 3.21. The van der Waals surface area contributed by atoms with E-state index in [-0.39, 0.29) is 11.9 Å². The molecule has 0 spiro atoms. The third kappa shape index (κ3) is 3.20. The lowest BCUT2D eigenvalue weighted by atomic mass is 9.95. The Morgan fingerprint density at radius 2 is 2.30 bits per heavy atom. The Morgan fingerprint density at radius 3 is 3.04 bits per heavy atom. The van der Waals surface area contributed by atoms with Crippen molar-refractivity contribution in [3.63, 3.8) is 0 Å². The predicted molar refractivity (Wildman–Crippen MR) is 89.5 cm³/mol. The number of fused-ring (bicyclic) bond motifs is 2. The van der Waals surface area contributed by atoms with Crippen LogP contribution in [0.5, 0.6) is 10.8 Å². The highest BCUT2D eigenvalue weighted by atomic mass is 35.5. The van der Waals surface area contributed by atoms with Gasteiger partial charge in [-0.25, -0.2) is 4.98 Å². The fraction of sp³-hybridized carbons (Fsp3) is 0.375. The summed E-state index contributed by atoms with van der Waals surface area (Å²) < 4.78 is 5.71. The van der Waals surface area contributed by atoms with E-state index in [0.717, 1.165) is 12.8 Å². The molecule has 2 bridgehead atoms. The minimum atomic E-state index is -0.0306. The maximum Gasteiger partial charge on any atom is 0.261 e. The fourth-order valence-corrected chi connectivity index (χ4v) is 4.23. The first-order valence-electron chi connectivity index (χ1n) is 7.63. The van der Waals surface area contributed by atoms with Gasteiger partial charge in [-0.1, -0.05) is 22.9 Å². The second-order valence-electron chi connectivity index (χ2n) is 5.90. The molecule has 23 heavy (non-hydrogen) atoms. The van der Waals surface area contributed by atoms with Crippen LogP contribution in [-0.2, 0) is 0 Å². The van der Waals surface area contributed by atoms with Crippen LogP contribution >= 0.6 is 22.9 Å². The van der Waals surface area contributed by atoms with Crippen LogP contribution in [-0.4, -0.2) is 29.0 Å². The molecule has 7 heteroatoms. The number of ether oxygens (including phenoxy) is 1. The molecule has 0 aromatic carbocycles. The van der Waals surface area contributed by atoms with Gasteiger partial charge in [0.1, 0.15) is 10.9 Å². The molecular weight excluding hydrogens is 334 g/mol. The molecule has 2 aliphatic heterocycles. The maximum absolute atomic E-state index is 12.4. The minimum absolute atomic E-state index is 0.0306. The molecule has 5 nitrogen and oxygen atoms in total. The first-order chi connectivity index (χ1) is 11.2. The van der Waals surface area contributed by atoms with Gasteiger partial charge in [0.2, 0.25) is 0 Å². The average molecular weight is 350 g/mol. The summed E-state index contributed by atoms with van der Waals surface area (Å²) in [5.74, 6) is 0.577. The van der Waals surface area contributed by atoms with Crippen molar-refractivity contribution in [2.24, 2.45) is 0 Å². The Hall–Kier alpha value is -1.63. The summed E-state index contributed by atoms with van der Waals surface area (Å²) >= 11 is 7.16. The summed E-state index contributed by atoms with van der Waals surface area (Å²) in [5.41, 5.74) is 0. The normalized spacial score (nSPS) is 25.5. The highest BCUT2D eigenvalue weighted by Gasteiger charge is 2.39. The van der Waals surface area contributed by atoms with Crippen molar-refractivity contribution in [1.29, 1.82) is 0 Å². The lowest BCUT2D eigenvalue weighted by molar-refractivity contribution is 0.0935. The Bertz CT molecular complexity index is 736. The van der Waals surface area contributed by atoms with E-state index in [0.29, 0.717) is 32.9 Å². The number of rotatable bonds is 4. The van der Waals surface area contributed by atoms with Crippen molar-refractivity contribution < 1.29 is 9.53 Å². The van der Waals surface area contributed by atoms with E-state index in [1.807, 2.05) is 0 Å². The van der Waals surface area contributed by atoms with Crippen LogP contribution in [0, 0.1) is 0 Å². The first-order valence-corrected chi connectivity index (χ1v) is 8.83. The van der Waals surface area contributed by atoms with E-state index >= 15 is 0 Å². The smallest absolute Gasteiger partial charge is 0.261 e. The highest BCUT2D eigenvalue weighted by molar-refractivity contribution is 7.15. The van der Waals surface area contributed by atoms with Gasteiger partial charge in [-0.2, -0.15) is 0 Å². The van der Waals surface area contributed by atoms with Crippen LogP contribution in [0.1, 0.15) is 28.9 Å². The second kappa shape index (κ2) is 6.11. The summed E-state index contributed by atoms with van der Waals surface area (Å²) in [6, 6.07) is 8.20. The second-order valence-corrected chi connectivity index (χ2v) is 7.33. The monoisotopic (exact) mass is 349 g/mol. The molecule has 0 aliphatic carbocycles. The molecule has 120 valence electrons. The average Bonchev–Trinajstić information content (AvgIpc) is 3.23. The summed E-state index contributed by atoms with van der Waals surface area (Å²) in [7, 11) is 0. The number of amides is 1. The number of hydrogen-bond donors (Lipinski definition) is 2. The van der Waals surface area contributed by atoms with Crippen molar-refractivity contribution in [3.05, 3.63) is 40.5 Å². The molecule has 4 rings (SSSR count). The minimum Gasteiger partial charge on any atom is -0.447 e. The Balaban J connectivity index is 1.40. The summed E-state index contributed by atoms with van der Waals surface area (Å²) in [6.45, 7) is 0. The molecule has 2 aliphatic rings. The SMILES string of the molecule is O=C(N[C@@H]1C[C@H]2CC[C@@H]1N2)c1ccc(Oc2ccnc(Cl)c2)s1. The molecule has 2 N–H and O–H groups in total. The van der Waals surface area contributed by atoms with Crippen LogP contribution in [0.4, 0.5) is 0 Å². The van der Waals surface area contributed by atoms with Crippen LogP contribution in [0.2, 0.25) is 5.15 Å². The van der Waals surface area contributed by atoms with E-state index in [1.54, 1.807) is 30.5 Å². The summed E-state index contributed by atoms with van der Waals surface area (Å²) in [4.78, 5) is 16.9. The molecule has 2 aromatic heterocycles. The van der Waals surface area contributed by atoms with E-state index < -0.39 is 0 Å². The van der Waals surface area contributed by atoms with Crippen molar-refractivity contribution in [2.45, 2.75) is 37.4 Å². The zero-order valence-electron chi connectivity index (χ0n) is 12.3. The topological polar surface area (TPSA) is 63.2 Å². The van der Waals surface area contributed by atoms with E-state index in [2.05, 4.69) is 15.6 Å². The van der Waals surface area contributed by atoms with Crippen molar-refractivity contribution in [1.82, 2.24) is 15.6 Å². The van der Waals surface area contributed by atoms with Crippen LogP contribution in [0.25, 0.3) is 0 Å². The fourth-order valence-electron chi connectivity index (χ4n) is 3.28. The molecule has 1 amide bonds. The number of nitrogens with zero attached hydrogens (tertiary/aromatic N) is 1. The van der Waals surface area contributed by atoms with E-state index in [1.165, 1.54) is 17.8 Å². The van der Waals surface area contributed by atoms with Crippen LogP contribution in [0.3, 0.4) is 0 Å². The largest absolute Gasteiger partial charge is 0.447 e. The Morgan fingerprint density at radius 1 is 1.39 bits per heavy atom. The Kier molecular flexibility index (Phi) is 3.97. The van der Waals surface area contributed by atoms with Gasteiger partial charge in [0.05, 0.1) is 4.88 Å².